The van der Waals surface area contributed by atoms with Crippen molar-refractivity contribution in [3.8, 4) is 0 Å². The van der Waals surface area contributed by atoms with Gasteiger partial charge in [0, 0.05) is 39.0 Å². The van der Waals surface area contributed by atoms with Crippen LogP contribution in [0.3, 0.4) is 0 Å². The zero-order chi connectivity index (χ0) is 26.2. The average Bonchev–Trinajstić information content (AvgIpc) is 3.49. The van der Waals surface area contributed by atoms with Gasteiger partial charge in [0.05, 0.1) is 17.9 Å². The van der Waals surface area contributed by atoms with E-state index in [0.29, 0.717) is 25.8 Å². The maximum atomic E-state index is 14.4. The monoisotopic (exact) mass is 495 g/mol. The molecule has 0 radical (unpaired) electrons. The van der Waals surface area contributed by atoms with E-state index in [1.54, 1.807) is 33.9 Å². The van der Waals surface area contributed by atoms with E-state index in [9.17, 15) is 19.5 Å². The van der Waals surface area contributed by atoms with Gasteiger partial charge in [-0.2, -0.15) is 0 Å². The summed E-state index contributed by atoms with van der Waals surface area (Å²) in [5, 5.41) is 9.53. The lowest BCUT2D eigenvalue weighted by atomic mass is 9.70. The molecule has 3 heterocycles. The van der Waals surface area contributed by atoms with Crippen LogP contribution in [-0.2, 0) is 19.1 Å². The third-order valence-corrected chi connectivity index (χ3v) is 7.89. The second-order valence-corrected chi connectivity index (χ2v) is 10.2. The highest BCUT2D eigenvalue weighted by atomic mass is 16.5. The molecular formula is C28H37N3O5. The molecule has 3 fully saturated rings. The lowest BCUT2D eigenvalue weighted by Gasteiger charge is -2.37. The number of benzene rings is 1. The fourth-order valence-electron chi connectivity index (χ4n) is 6.33. The number of anilines is 1. The normalized spacial score (nSPS) is 28.2. The molecule has 1 aromatic carbocycles. The number of ether oxygens (including phenoxy) is 1. The molecule has 0 aromatic heterocycles. The van der Waals surface area contributed by atoms with E-state index in [4.69, 9.17) is 4.74 Å². The Kier molecular flexibility index (Phi) is 7.38. The quantitative estimate of drug-likeness (QED) is 0.503. The molecular weight excluding hydrogens is 458 g/mol. The van der Waals surface area contributed by atoms with Crippen LogP contribution in [0, 0.1) is 25.7 Å². The van der Waals surface area contributed by atoms with Crippen molar-refractivity contribution in [1.82, 2.24) is 9.80 Å². The molecule has 0 saturated carbocycles. The Labute approximate surface area is 213 Å². The number of fused-ring (bicyclic) bond motifs is 1. The number of amides is 3. The molecule has 5 atom stereocenters. The van der Waals surface area contributed by atoms with Gasteiger partial charge in [-0.15, -0.1) is 13.2 Å². The van der Waals surface area contributed by atoms with Gasteiger partial charge < -0.3 is 24.5 Å². The Hall–Kier alpha value is -2.97. The molecule has 1 aromatic rings. The van der Waals surface area contributed by atoms with Gasteiger partial charge in [-0.05, 0) is 50.3 Å². The van der Waals surface area contributed by atoms with Gasteiger partial charge in [-0.1, -0.05) is 24.3 Å². The number of carbonyl (C=O) groups is 3. The van der Waals surface area contributed by atoms with Gasteiger partial charge in [-0.25, -0.2) is 0 Å². The number of carbonyl (C=O) groups excluding carboxylic acids is 3. The summed E-state index contributed by atoms with van der Waals surface area (Å²) >= 11 is 0. The second kappa shape index (κ2) is 10.2. The smallest absolute Gasteiger partial charge is 0.253 e. The van der Waals surface area contributed by atoms with Gasteiger partial charge in [0.15, 0.2) is 0 Å². The number of likely N-dealkylation sites (N-methyl/N-ethyl adjacent to an activating group) is 1. The molecule has 1 N–H and O–H groups in total. The van der Waals surface area contributed by atoms with Gasteiger partial charge in [0.25, 0.3) is 5.91 Å². The number of hydrogen-bond acceptors (Lipinski definition) is 5. The molecule has 8 heteroatoms. The van der Waals surface area contributed by atoms with Crippen LogP contribution in [0.2, 0.25) is 0 Å². The predicted molar refractivity (Wildman–Crippen MR) is 137 cm³/mol. The Morgan fingerprint density at radius 2 is 1.94 bits per heavy atom. The van der Waals surface area contributed by atoms with Crippen LogP contribution in [0.4, 0.5) is 5.69 Å². The van der Waals surface area contributed by atoms with Crippen molar-refractivity contribution in [2.45, 2.75) is 50.9 Å². The Morgan fingerprint density at radius 3 is 2.61 bits per heavy atom. The van der Waals surface area contributed by atoms with Crippen LogP contribution in [0.1, 0.15) is 30.4 Å². The van der Waals surface area contributed by atoms with Crippen LogP contribution in [0.15, 0.2) is 43.5 Å². The van der Waals surface area contributed by atoms with E-state index in [1.165, 1.54) is 0 Å². The fourth-order valence-corrected chi connectivity index (χ4v) is 6.33. The highest BCUT2D eigenvalue weighted by molar-refractivity contribution is 6.05. The van der Waals surface area contributed by atoms with E-state index in [2.05, 4.69) is 13.2 Å². The van der Waals surface area contributed by atoms with E-state index < -0.39 is 29.6 Å². The second-order valence-electron chi connectivity index (χ2n) is 10.2. The molecule has 2 unspecified atom stereocenters. The topological polar surface area (TPSA) is 90.4 Å². The summed E-state index contributed by atoms with van der Waals surface area (Å²) in [5.74, 6) is -2.01. The number of likely N-dealkylation sites (tertiary alicyclic amines) is 1. The van der Waals surface area contributed by atoms with E-state index >= 15 is 0 Å². The molecule has 0 aliphatic carbocycles. The van der Waals surface area contributed by atoms with Gasteiger partial charge >= 0.3 is 0 Å². The van der Waals surface area contributed by atoms with E-state index in [-0.39, 0.29) is 37.4 Å². The SMILES string of the molecule is C=CCN(C)C(=O)[C@@H]1[C@@H]2CCC3(O2)C(C(=O)N(CC=C)c2cc(C)ccc2C)N(CCCO)C(=O)[C@H]13. The van der Waals surface area contributed by atoms with Crippen molar-refractivity contribution >= 4 is 23.4 Å². The highest BCUT2D eigenvalue weighted by Gasteiger charge is 2.74. The summed E-state index contributed by atoms with van der Waals surface area (Å²) < 4.78 is 6.51. The number of aliphatic hydroxyl groups excluding tert-OH is 1. The largest absolute Gasteiger partial charge is 0.396 e. The molecule has 36 heavy (non-hydrogen) atoms. The molecule has 8 nitrogen and oxygen atoms in total. The molecule has 4 rings (SSSR count). The lowest BCUT2D eigenvalue weighted by Crippen LogP contribution is -2.56. The number of aryl methyl sites for hydroxylation is 2. The number of hydrogen-bond donors (Lipinski definition) is 1. The van der Waals surface area contributed by atoms with Gasteiger partial charge in [-0.3, -0.25) is 14.4 Å². The first-order valence-electron chi connectivity index (χ1n) is 12.7. The first kappa shape index (κ1) is 26.1. The molecule has 194 valence electrons. The van der Waals surface area contributed by atoms with Crippen molar-refractivity contribution in [2.24, 2.45) is 11.8 Å². The van der Waals surface area contributed by atoms with Crippen LogP contribution in [0.25, 0.3) is 0 Å². The third kappa shape index (κ3) is 4.06. The van der Waals surface area contributed by atoms with Crippen molar-refractivity contribution in [2.75, 3.05) is 38.2 Å². The van der Waals surface area contributed by atoms with Crippen LogP contribution >= 0.6 is 0 Å². The van der Waals surface area contributed by atoms with E-state index in [0.717, 1.165) is 16.8 Å². The summed E-state index contributed by atoms with van der Waals surface area (Å²) in [6, 6.07) is 5.05. The van der Waals surface area contributed by atoms with Crippen LogP contribution in [-0.4, -0.2) is 83.7 Å². The zero-order valence-electron chi connectivity index (χ0n) is 21.5. The van der Waals surface area contributed by atoms with Crippen molar-refractivity contribution < 1.29 is 24.2 Å². The summed E-state index contributed by atoms with van der Waals surface area (Å²) in [6.45, 7) is 12.2. The highest BCUT2D eigenvalue weighted by Crippen LogP contribution is 2.59. The molecule has 3 aliphatic heterocycles. The summed E-state index contributed by atoms with van der Waals surface area (Å²) in [7, 11) is 1.70. The van der Waals surface area contributed by atoms with Crippen molar-refractivity contribution in [1.29, 1.82) is 0 Å². The minimum absolute atomic E-state index is 0.108. The Balaban J connectivity index is 1.78. The molecule has 3 saturated heterocycles. The summed E-state index contributed by atoms with van der Waals surface area (Å²) in [5.41, 5.74) is 1.65. The van der Waals surface area contributed by atoms with Crippen molar-refractivity contribution in [3.05, 3.63) is 54.6 Å². The minimum atomic E-state index is -1.07. The molecule has 1 spiro atoms. The predicted octanol–water partition coefficient (Wildman–Crippen LogP) is 2.22. The first-order chi connectivity index (χ1) is 17.2. The average molecular weight is 496 g/mol. The minimum Gasteiger partial charge on any atom is -0.396 e. The Morgan fingerprint density at radius 1 is 1.22 bits per heavy atom. The van der Waals surface area contributed by atoms with Crippen molar-refractivity contribution in [3.63, 3.8) is 0 Å². The van der Waals surface area contributed by atoms with Gasteiger partial charge in [0.1, 0.15) is 11.6 Å². The third-order valence-electron chi connectivity index (χ3n) is 7.89. The number of rotatable bonds is 10. The zero-order valence-corrected chi connectivity index (χ0v) is 21.5. The standard InChI is InChI=1S/C28H37N3O5/c1-6-13-29(5)25(33)22-21-11-12-28(36-21)23(22)26(34)31(15-8-16-32)24(28)27(35)30(14-7-2)20-17-18(3)9-10-19(20)4/h6-7,9-10,17,21-24,32H,1-2,8,11-16H2,3-5H3/t21-,22+,23-,24?,28?/m0/s1. The maximum absolute atomic E-state index is 14.4. The summed E-state index contributed by atoms with van der Waals surface area (Å²) in [6.07, 6.45) is 4.40. The molecule has 3 aliphatic rings. The van der Waals surface area contributed by atoms with E-state index in [1.807, 2.05) is 32.0 Å². The fraction of sp³-hybridized carbons (Fsp3) is 0.536. The number of nitrogens with zero attached hydrogens (tertiary/aromatic N) is 3. The molecule has 2 bridgehead atoms. The lowest BCUT2D eigenvalue weighted by molar-refractivity contribution is -0.144. The summed E-state index contributed by atoms with van der Waals surface area (Å²) in [4.78, 5) is 46.5. The Bertz CT molecular complexity index is 1070. The number of aliphatic hydroxyl groups is 1. The van der Waals surface area contributed by atoms with Crippen LogP contribution < -0.4 is 4.90 Å². The van der Waals surface area contributed by atoms with Gasteiger partial charge in [0.2, 0.25) is 11.8 Å². The van der Waals surface area contributed by atoms with Crippen LogP contribution in [0.5, 0.6) is 0 Å². The first-order valence-corrected chi connectivity index (χ1v) is 12.7. The molecule has 3 amide bonds. The maximum Gasteiger partial charge on any atom is 0.253 e.